The van der Waals surface area contributed by atoms with E-state index >= 15 is 0 Å². The summed E-state index contributed by atoms with van der Waals surface area (Å²) in [5.74, 6) is -0.136. The van der Waals surface area contributed by atoms with E-state index in [1.807, 2.05) is 43.5 Å². The van der Waals surface area contributed by atoms with E-state index < -0.39 is 0 Å². The third-order valence-corrected chi connectivity index (χ3v) is 5.67. The SMILES string of the molecule is COC(=O)CBr.Cc1c(Cc2ccc(-n3cccn3)cc2)c(=O)[nH]c2c(Cl)ccc(O)c12. The summed E-state index contributed by atoms with van der Waals surface area (Å²) in [5.41, 5.74) is 3.56. The van der Waals surface area contributed by atoms with Crippen LogP contribution in [0, 0.1) is 6.92 Å². The number of methoxy groups -OCH3 is 1. The second kappa shape index (κ2) is 10.5. The van der Waals surface area contributed by atoms with E-state index in [9.17, 15) is 14.7 Å². The molecule has 0 spiro atoms. The van der Waals surface area contributed by atoms with Gasteiger partial charge in [0.15, 0.2) is 0 Å². The van der Waals surface area contributed by atoms with Gasteiger partial charge in [-0.1, -0.05) is 39.7 Å². The number of carbonyl (C=O) groups is 1. The Kier molecular flexibility index (Phi) is 7.71. The van der Waals surface area contributed by atoms with Gasteiger partial charge in [-0.05, 0) is 48.4 Å². The van der Waals surface area contributed by atoms with Gasteiger partial charge >= 0.3 is 5.97 Å². The smallest absolute Gasteiger partial charge is 0.316 e. The quantitative estimate of drug-likeness (QED) is 0.306. The van der Waals surface area contributed by atoms with Gasteiger partial charge in [0.05, 0.1) is 23.3 Å². The van der Waals surface area contributed by atoms with Crippen molar-refractivity contribution in [1.29, 1.82) is 0 Å². The number of nitrogens with zero attached hydrogens (tertiary/aromatic N) is 2. The summed E-state index contributed by atoms with van der Waals surface area (Å²) in [7, 11) is 1.35. The predicted molar refractivity (Wildman–Crippen MR) is 128 cm³/mol. The molecular weight excluding hydrogens is 498 g/mol. The van der Waals surface area contributed by atoms with E-state index in [0.717, 1.165) is 16.8 Å². The summed E-state index contributed by atoms with van der Waals surface area (Å²) in [6, 6.07) is 12.8. The predicted octanol–water partition coefficient (Wildman–Crippen LogP) is 4.53. The number of hydrogen-bond acceptors (Lipinski definition) is 5. The number of ether oxygens (including phenoxy) is 1. The molecule has 0 unspecified atom stereocenters. The van der Waals surface area contributed by atoms with Crippen LogP contribution < -0.4 is 5.56 Å². The van der Waals surface area contributed by atoms with Gasteiger partial charge in [-0.25, -0.2) is 4.68 Å². The van der Waals surface area contributed by atoms with Crippen LogP contribution in [0.3, 0.4) is 0 Å². The average molecular weight is 519 g/mol. The lowest BCUT2D eigenvalue weighted by Crippen LogP contribution is -2.15. The number of alkyl halides is 1. The molecule has 0 aliphatic carbocycles. The van der Waals surface area contributed by atoms with Crippen LogP contribution in [0.4, 0.5) is 0 Å². The number of nitrogens with one attached hydrogen (secondary N) is 1. The highest BCUT2D eigenvalue weighted by Gasteiger charge is 2.14. The normalized spacial score (nSPS) is 10.5. The summed E-state index contributed by atoms with van der Waals surface area (Å²) in [5, 5.41) is 15.7. The number of phenols is 1. The molecule has 7 nitrogen and oxygen atoms in total. The van der Waals surface area contributed by atoms with E-state index in [1.165, 1.54) is 7.11 Å². The molecule has 2 aromatic heterocycles. The second-order valence-electron chi connectivity index (χ2n) is 6.88. The number of benzene rings is 2. The molecule has 0 aliphatic heterocycles. The van der Waals surface area contributed by atoms with Crippen LogP contribution >= 0.6 is 27.5 Å². The van der Waals surface area contributed by atoms with Gasteiger partial charge in [0.25, 0.3) is 5.56 Å². The van der Waals surface area contributed by atoms with Gasteiger partial charge < -0.3 is 14.8 Å². The lowest BCUT2D eigenvalue weighted by atomic mass is 9.98. The Morgan fingerprint density at radius 2 is 1.97 bits per heavy atom. The second-order valence-corrected chi connectivity index (χ2v) is 7.85. The molecule has 0 saturated heterocycles. The van der Waals surface area contributed by atoms with Gasteiger partial charge in [0.2, 0.25) is 0 Å². The van der Waals surface area contributed by atoms with Crippen LogP contribution in [0.2, 0.25) is 5.02 Å². The third kappa shape index (κ3) is 5.20. The molecule has 2 heterocycles. The number of rotatable bonds is 4. The van der Waals surface area contributed by atoms with Crippen LogP contribution in [0.1, 0.15) is 16.7 Å². The number of aromatic nitrogens is 3. The fourth-order valence-corrected chi connectivity index (χ4v) is 3.67. The molecule has 0 bridgehead atoms. The molecule has 2 aromatic carbocycles. The van der Waals surface area contributed by atoms with Gasteiger partial charge in [0, 0.05) is 29.8 Å². The molecule has 32 heavy (non-hydrogen) atoms. The summed E-state index contributed by atoms with van der Waals surface area (Å²) >= 11 is 9.06. The lowest BCUT2D eigenvalue weighted by Gasteiger charge is -2.12. The molecule has 0 saturated carbocycles. The minimum Gasteiger partial charge on any atom is -0.507 e. The first-order valence-electron chi connectivity index (χ1n) is 9.60. The number of phenolic OH excluding ortho intramolecular Hbond substituents is 1. The standard InChI is InChI=1S/C20H16ClN3O2.C3H5BrO2/c1-12-15(20(26)23-19-16(21)7-8-17(25)18(12)19)11-13-3-5-14(6-4-13)24-10-2-9-22-24;1-6-3(5)2-4/h2-10,25H,11H2,1H3,(H,23,26);2H2,1H3. The molecule has 166 valence electrons. The number of esters is 1. The first-order valence-corrected chi connectivity index (χ1v) is 11.1. The minimum absolute atomic E-state index is 0.105. The fraction of sp³-hybridized carbons (Fsp3) is 0.174. The number of fused-ring (bicyclic) bond motifs is 1. The number of hydrogen-bond donors (Lipinski definition) is 2. The van der Waals surface area contributed by atoms with Crippen LogP contribution in [0.15, 0.2) is 59.7 Å². The van der Waals surface area contributed by atoms with Crippen LogP contribution in [0.5, 0.6) is 5.75 Å². The van der Waals surface area contributed by atoms with Gasteiger partial charge in [-0.3, -0.25) is 9.59 Å². The molecule has 9 heteroatoms. The van der Waals surface area contributed by atoms with E-state index in [-0.39, 0.29) is 22.6 Å². The number of aromatic hydroxyl groups is 1. The van der Waals surface area contributed by atoms with Crippen molar-refractivity contribution in [2.75, 3.05) is 12.4 Å². The molecule has 4 aromatic rings. The van der Waals surface area contributed by atoms with E-state index in [0.29, 0.717) is 27.9 Å². The van der Waals surface area contributed by atoms with Crippen molar-refractivity contribution in [3.8, 4) is 11.4 Å². The molecule has 0 atom stereocenters. The molecule has 0 radical (unpaired) electrons. The van der Waals surface area contributed by atoms with Crippen molar-refractivity contribution >= 4 is 44.4 Å². The highest BCUT2D eigenvalue weighted by Crippen LogP contribution is 2.32. The Balaban J connectivity index is 0.000000427. The fourth-order valence-electron chi connectivity index (χ4n) is 3.24. The topological polar surface area (TPSA) is 97.2 Å². The summed E-state index contributed by atoms with van der Waals surface area (Å²) in [6.45, 7) is 1.83. The van der Waals surface area contributed by atoms with Gasteiger partial charge in [-0.15, -0.1) is 0 Å². The van der Waals surface area contributed by atoms with Crippen molar-refractivity contribution < 1.29 is 14.6 Å². The largest absolute Gasteiger partial charge is 0.507 e. The van der Waals surface area contributed by atoms with Crippen LogP contribution in [0.25, 0.3) is 16.6 Å². The lowest BCUT2D eigenvalue weighted by molar-refractivity contribution is -0.137. The number of halogens is 2. The van der Waals surface area contributed by atoms with Crippen molar-refractivity contribution in [3.63, 3.8) is 0 Å². The third-order valence-electron chi connectivity index (χ3n) is 4.90. The van der Waals surface area contributed by atoms with E-state index in [2.05, 4.69) is 30.7 Å². The van der Waals surface area contributed by atoms with Crippen molar-refractivity contribution in [2.45, 2.75) is 13.3 Å². The van der Waals surface area contributed by atoms with E-state index in [4.69, 9.17) is 11.6 Å². The van der Waals surface area contributed by atoms with Crippen molar-refractivity contribution in [3.05, 3.63) is 86.9 Å². The van der Waals surface area contributed by atoms with E-state index in [1.54, 1.807) is 23.0 Å². The molecule has 0 amide bonds. The molecule has 4 rings (SSSR count). The van der Waals surface area contributed by atoms with Crippen molar-refractivity contribution in [1.82, 2.24) is 14.8 Å². The minimum atomic E-state index is -0.241. The Bertz CT molecular complexity index is 1280. The summed E-state index contributed by atoms with van der Waals surface area (Å²) in [6.07, 6.45) is 4.06. The van der Waals surface area contributed by atoms with Crippen molar-refractivity contribution in [2.24, 2.45) is 0 Å². The molecule has 2 N–H and O–H groups in total. The summed E-state index contributed by atoms with van der Waals surface area (Å²) in [4.78, 5) is 25.3. The van der Waals surface area contributed by atoms with Crippen LogP contribution in [-0.4, -0.2) is 38.3 Å². The molecule has 0 fully saturated rings. The highest BCUT2D eigenvalue weighted by molar-refractivity contribution is 9.09. The first kappa shape index (κ1) is 23.6. The number of aryl methyl sites for hydroxylation is 1. The zero-order chi connectivity index (χ0) is 23.3. The number of carbonyl (C=O) groups excluding carboxylic acids is 1. The molecule has 0 aliphatic rings. The highest BCUT2D eigenvalue weighted by atomic mass is 79.9. The van der Waals surface area contributed by atoms with Gasteiger partial charge in [-0.2, -0.15) is 5.10 Å². The Labute approximate surface area is 197 Å². The van der Waals surface area contributed by atoms with Gasteiger partial charge in [0.1, 0.15) is 11.1 Å². The Hall–Kier alpha value is -3.10. The zero-order valence-corrected chi connectivity index (χ0v) is 19.8. The first-order chi connectivity index (χ1) is 15.3. The number of aromatic amines is 1. The Morgan fingerprint density at radius 3 is 2.53 bits per heavy atom. The number of H-pyrrole nitrogens is 1. The number of pyridine rings is 1. The summed E-state index contributed by atoms with van der Waals surface area (Å²) < 4.78 is 5.99. The molecular formula is C23H21BrClN3O4. The maximum Gasteiger partial charge on any atom is 0.316 e. The maximum atomic E-state index is 12.6. The Morgan fingerprint density at radius 1 is 1.25 bits per heavy atom. The zero-order valence-electron chi connectivity index (χ0n) is 17.4. The van der Waals surface area contributed by atoms with Crippen LogP contribution in [-0.2, 0) is 16.0 Å². The monoisotopic (exact) mass is 517 g/mol. The maximum absolute atomic E-state index is 12.6. The average Bonchev–Trinajstić information content (AvgIpc) is 3.34.